The van der Waals surface area contributed by atoms with Crippen molar-refractivity contribution >= 4 is 12.2 Å². The summed E-state index contributed by atoms with van der Waals surface area (Å²) in [7, 11) is 0. The van der Waals surface area contributed by atoms with Crippen molar-refractivity contribution < 1.29 is 14.7 Å². The summed E-state index contributed by atoms with van der Waals surface area (Å²) < 4.78 is 0. The van der Waals surface area contributed by atoms with Gasteiger partial charge < -0.3 is 15.2 Å². The van der Waals surface area contributed by atoms with E-state index in [-0.39, 0.29) is 11.3 Å². The normalized spacial score (nSPS) is 17.5. The van der Waals surface area contributed by atoms with Crippen molar-refractivity contribution in [3.05, 3.63) is 35.1 Å². The van der Waals surface area contributed by atoms with Gasteiger partial charge >= 0.3 is 0 Å². The molecule has 0 saturated heterocycles. The van der Waals surface area contributed by atoms with Crippen LogP contribution in [0.3, 0.4) is 0 Å². The molecule has 1 unspecified atom stereocenters. The number of aliphatic hydroxyl groups excluding tert-OH is 1. The van der Waals surface area contributed by atoms with Gasteiger partial charge in [0.1, 0.15) is 12.0 Å². The van der Waals surface area contributed by atoms with Crippen LogP contribution in [0.15, 0.2) is 35.1 Å². The number of carbonyl (C=O) groups is 2. The lowest BCUT2D eigenvalue weighted by Gasteiger charge is -2.12. The van der Waals surface area contributed by atoms with E-state index in [1.54, 1.807) is 32.1 Å². The molecule has 0 aromatic rings. The molecule has 1 aliphatic rings. The summed E-state index contributed by atoms with van der Waals surface area (Å²) in [5.74, 6) is -0.396. The van der Waals surface area contributed by atoms with Crippen molar-refractivity contribution in [2.24, 2.45) is 0 Å². The lowest BCUT2D eigenvalue weighted by atomic mass is 10.1. The van der Waals surface area contributed by atoms with E-state index in [1.807, 2.05) is 0 Å². The predicted molar refractivity (Wildman–Crippen MR) is 60.8 cm³/mol. The van der Waals surface area contributed by atoms with Gasteiger partial charge in [0.15, 0.2) is 0 Å². The van der Waals surface area contributed by atoms with Gasteiger partial charge in [-0.1, -0.05) is 18.2 Å². The Bertz CT molecular complexity index is 391. The molecule has 1 aliphatic carbocycles. The van der Waals surface area contributed by atoms with Crippen LogP contribution >= 0.6 is 0 Å². The molecule has 86 valence electrons. The molecule has 0 aromatic carbocycles. The smallest absolute Gasteiger partial charge is 0.255 e. The zero-order valence-electron chi connectivity index (χ0n) is 9.36. The van der Waals surface area contributed by atoms with Crippen molar-refractivity contribution in [3.63, 3.8) is 0 Å². The Morgan fingerprint density at radius 2 is 2.31 bits per heavy atom. The van der Waals surface area contributed by atoms with E-state index in [1.165, 1.54) is 0 Å². The van der Waals surface area contributed by atoms with Gasteiger partial charge in [-0.25, -0.2) is 0 Å². The van der Waals surface area contributed by atoms with Gasteiger partial charge in [-0.3, -0.25) is 4.79 Å². The fraction of sp³-hybridized carbons (Fsp3) is 0.333. The van der Waals surface area contributed by atoms with Crippen LogP contribution in [0.5, 0.6) is 0 Å². The highest BCUT2D eigenvalue weighted by atomic mass is 16.3. The molecule has 4 heteroatoms. The summed E-state index contributed by atoms with van der Waals surface area (Å²) in [4.78, 5) is 22.2. The monoisotopic (exact) mass is 221 g/mol. The standard InChI is InChI=1S/C12H15NO3/c1-8-5-3-4-6-10(15)11(8)12(16)13-9(2)7-14/h3-5,7,9,15H,6H2,1-2H3,(H,13,16). The van der Waals surface area contributed by atoms with E-state index in [4.69, 9.17) is 0 Å². The number of rotatable bonds is 3. The van der Waals surface area contributed by atoms with Gasteiger partial charge in [0, 0.05) is 6.42 Å². The first kappa shape index (κ1) is 12.2. The summed E-state index contributed by atoms with van der Waals surface area (Å²) in [6, 6.07) is -0.559. The molecule has 0 radical (unpaired) electrons. The largest absolute Gasteiger partial charge is 0.511 e. The quantitative estimate of drug-likeness (QED) is 0.708. The third kappa shape index (κ3) is 2.82. The molecule has 0 bridgehead atoms. The van der Waals surface area contributed by atoms with E-state index in [0.29, 0.717) is 18.3 Å². The second-order valence-corrected chi connectivity index (χ2v) is 3.70. The summed E-state index contributed by atoms with van der Waals surface area (Å²) in [6.45, 7) is 3.32. The van der Waals surface area contributed by atoms with E-state index in [0.717, 1.165) is 0 Å². The Morgan fingerprint density at radius 1 is 1.62 bits per heavy atom. The Hall–Kier alpha value is -1.84. The molecule has 0 fully saturated rings. The van der Waals surface area contributed by atoms with Crippen molar-refractivity contribution in [1.82, 2.24) is 5.32 Å². The number of nitrogens with one attached hydrogen (secondary N) is 1. The molecule has 0 spiro atoms. The van der Waals surface area contributed by atoms with Crippen LogP contribution < -0.4 is 5.32 Å². The third-order valence-electron chi connectivity index (χ3n) is 2.27. The van der Waals surface area contributed by atoms with Gasteiger partial charge in [-0.05, 0) is 19.4 Å². The zero-order chi connectivity index (χ0) is 12.1. The average molecular weight is 221 g/mol. The van der Waals surface area contributed by atoms with E-state index in [2.05, 4.69) is 5.32 Å². The number of aliphatic hydroxyl groups is 1. The Morgan fingerprint density at radius 3 is 2.94 bits per heavy atom. The minimum Gasteiger partial charge on any atom is -0.511 e. The minimum atomic E-state index is -0.559. The van der Waals surface area contributed by atoms with Crippen molar-refractivity contribution in [3.8, 4) is 0 Å². The van der Waals surface area contributed by atoms with Crippen LogP contribution in [0.25, 0.3) is 0 Å². The van der Waals surface area contributed by atoms with Gasteiger partial charge in [0.05, 0.1) is 11.6 Å². The lowest BCUT2D eigenvalue weighted by molar-refractivity contribution is -0.120. The molecule has 0 aliphatic heterocycles. The molecule has 1 atom stereocenters. The second kappa shape index (κ2) is 5.30. The molecule has 4 nitrogen and oxygen atoms in total. The Kier molecular flexibility index (Phi) is 4.05. The first-order valence-electron chi connectivity index (χ1n) is 5.08. The maximum absolute atomic E-state index is 11.8. The van der Waals surface area contributed by atoms with Crippen LogP contribution in [0.2, 0.25) is 0 Å². The molecule has 2 N–H and O–H groups in total. The number of allylic oxidation sites excluding steroid dienone is 3. The van der Waals surface area contributed by atoms with Gasteiger partial charge in [-0.15, -0.1) is 0 Å². The maximum atomic E-state index is 11.8. The maximum Gasteiger partial charge on any atom is 0.255 e. The average Bonchev–Trinajstić information content (AvgIpc) is 2.39. The summed E-state index contributed by atoms with van der Waals surface area (Å²) >= 11 is 0. The van der Waals surface area contributed by atoms with Gasteiger partial charge in [0.2, 0.25) is 0 Å². The highest BCUT2D eigenvalue weighted by Crippen LogP contribution is 2.19. The van der Waals surface area contributed by atoms with Gasteiger partial charge in [0.25, 0.3) is 5.91 Å². The summed E-state index contributed by atoms with van der Waals surface area (Å²) in [6.07, 6.45) is 6.27. The molecule has 0 saturated carbocycles. The molecule has 16 heavy (non-hydrogen) atoms. The minimum absolute atomic E-state index is 0.0260. The number of carbonyl (C=O) groups excluding carboxylic acids is 2. The van der Waals surface area contributed by atoms with Crippen LogP contribution in [-0.2, 0) is 9.59 Å². The van der Waals surface area contributed by atoms with Crippen LogP contribution in [0.4, 0.5) is 0 Å². The first-order chi connectivity index (χ1) is 7.56. The first-order valence-corrected chi connectivity index (χ1v) is 5.08. The van der Waals surface area contributed by atoms with Crippen LogP contribution in [-0.4, -0.2) is 23.3 Å². The van der Waals surface area contributed by atoms with Crippen LogP contribution in [0, 0.1) is 0 Å². The topological polar surface area (TPSA) is 66.4 Å². The molecule has 0 aromatic heterocycles. The highest BCUT2D eigenvalue weighted by Gasteiger charge is 2.18. The molecule has 0 heterocycles. The number of hydrogen-bond acceptors (Lipinski definition) is 3. The number of hydrogen-bond donors (Lipinski definition) is 2. The van der Waals surface area contributed by atoms with E-state index >= 15 is 0 Å². The molecule has 1 amide bonds. The summed E-state index contributed by atoms with van der Waals surface area (Å²) in [5.41, 5.74) is 0.931. The van der Waals surface area contributed by atoms with E-state index in [9.17, 15) is 14.7 Å². The van der Waals surface area contributed by atoms with Crippen LogP contribution in [0.1, 0.15) is 20.3 Å². The van der Waals surface area contributed by atoms with E-state index < -0.39 is 11.9 Å². The fourth-order valence-electron chi connectivity index (χ4n) is 1.43. The lowest BCUT2D eigenvalue weighted by Crippen LogP contribution is -2.35. The molecular weight excluding hydrogens is 206 g/mol. The fourth-order valence-corrected chi connectivity index (χ4v) is 1.43. The van der Waals surface area contributed by atoms with Crippen molar-refractivity contribution in [2.75, 3.05) is 0 Å². The Labute approximate surface area is 94.3 Å². The third-order valence-corrected chi connectivity index (χ3v) is 2.27. The summed E-state index contributed by atoms with van der Waals surface area (Å²) in [5, 5.41) is 12.2. The van der Waals surface area contributed by atoms with Crippen molar-refractivity contribution in [2.45, 2.75) is 26.3 Å². The molecule has 1 rings (SSSR count). The Balaban J connectivity index is 2.93. The number of amides is 1. The van der Waals surface area contributed by atoms with Gasteiger partial charge in [-0.2, -0.15) is 0 Å². The second-order valence-electron chi connectivity index (χ2n) is 3.70. The zero-order valence-corrected chi connectivity index (χ0v) is 9.36. The highest BCUT2D eigenvalue weighted by molar-refractivity contribution is 5.99. The van der Waals surface area contributed by atoms with Crippen molar-refractivity contribution in [1.29, 1.82) is 0 Å². The SMILES string of the molecule is CC1=CC=CCC(O)=C1C(=O)NC(C)C=O. The molecular formula is C12H15NO3. The number of aldehydes is 1. The predicted octanol–water partition coefficient (Wildman–Crippen LogP) is 1.41.